The number of hydrogen-bond acceptors (Lipinski definition) is 5. The Morgan fingerprint density at radius 1 is 1.19 bits per heavy atom. The van der Waals surface area contributed by atoms with E-state index in [2.05, 4.69) is 9.71 Å². The molecule has 0 atom stereocenters. The third-order valence-electron chi connectivity index (χ3n) is 2.98. The molecule has 0 fully saturated rings. The molecule has 2 aromatic rings. The average Bonchev–Trinajstić information content (AvgIpc) is 2.42. The monoisotopic (exact) mass is 307 g/mol. The van der Waals surface area contributed by atoms with Crippen molar-refractivity contribution >= 4 is 21.4 Å². The largest absolute Gasteiger partial charge is 0.495 e. The quantitative estimate of drug-likeness (QED) is 0.843. The number of aryl methyl sites for hydroxylation is 2. The fourth-order valence-corrected chi connectivity index (χ4v) is 2.99. The molecule has 1 aromatic carbocycles. The molecule has 1 aromatic heterocycles. The van der Waals surface area contributed by atoms with Crippen molar-refractivity contribution in [1.82, 2.24) is 4.98 Å². The van der Waals surface area contributed by atoms with E-state index in [1.54, 1.807) is 19.1 Å². The normalized spacial score (nSPS) is 11.2. The Balaban J connectivity index is 2.38. The van der Waals surface area contributed by atoms with Gasteiger partial charge >= 0.3 is 0 Å². The molecule has 21 heavy (non-hydrogen) atoms. The lowest BCUT2D eigenvalue weighted by Crippen LogP contribution is -2.14. The maximum absolute atomic E-state index is 12.4. The summed E-state index contributed by atoms with van der Waals surface area (Å²) >= 11 is 0. The number of anilines is 2. The molecule has 6 nitrogen and oxygen atoms in total. The minimum atomic E-state index is -3.72. The first kappa shape index (κ1) is 15.1. The number of benzene rings is 1. The molecule has 3 N–H and O–H groups in total. The minimum absolute atomic E-state index is 0.0773. The van der Waals surface area contributed by atoms with Crippen molar-refractivity contribution in [2.24, 2.45) is 0 Å². The van der Waals surface area contributed by atoms with E-state index in [0.717, 1.165) is 5.69 Å². The summed E-state index contributed by atoms with van der Waals surface area (Å²) in [6.07, 6.45) is 0. The summed E-state index contributed by atoms with van der Waals surface area (Å²) in [5.74, 6) is 0.316. The van der Waals surface area contributed by atoms with E-state index >= 15 is 0 Å². The molecule has 1 heterocycles. The minimum Gasteiger partial charge on any atom is -0.495 e. The average molecular weight is 307 g/mol. The molecule has 7 heteroatoms. The predicted octanol–water partition coefficient (Wildman–Crippen LogP) is 2.09. The Morgan fingerprint density at radius 2 is 1.90 bits per heavy atom. The first-order valence-corrected chi connectivity index (χ1v) is 7.72. The molecule has 112 valence electrons. The second-order valence-corrected chi connectivity index (χ2v) is 6.28. The highest BCUT2D eigenvalue weighted by molar-refractivity contribution is 7.92. The Bertz CT molecular complexity index is 773. The van der Waals surface area contributed by atoms with Crippen molar-refractivity contribution in [2.45, 2.75) is 18.7 Å². The van der Waals surface area contributed by atoms with Crippen LogP contribution >= 0.6 is 0 Å². The summed E-state index contributed by atoms with van der Waals surface area (Å²) in [6, 6.07) is 7.73. The molecule has 0 aliphatic carbocycles. The molecule has 0 saturated heterocycles. The van der Waals surface area contributed by atoms with Crippen molar-refractivity contribution < 1.29 is 13.2 Å². The molecular formula is C14H17N3O3S. The highest BCUT2D eigenvalue weighted by Gasteiger charge is 2.17. The highest BCUT2D eigenvalue weighted by Crippen LogP contribution is 2.26. The summed E-state index contributed by atoms with van der Waals surface area (Å²) in [5, 5.41) is 0. The zero-order valence-electron chi connectivity index (χ0n) is 12.0. The van der Waals surface area contributed by atoms with Crippen LogP contribution in [0.5, 0.6) is 5.75 Å². The SMILES string of the molecule is COc1cc(S(=O)(=O)Nc2ccc(C)nc2C)ccc1N. The number of nitrogen functional groups attached to an aromatic ring is 1. The van der Waals surface area contributed by atoms with Crippen LogP contribution in [-0.4, -0.2) is 20.5 Å². The number of rotatable bonds is 4. The number of nitrogens with zero attached hydrogens (tertiary/aromatic N) is 1. The number of pyridine rings is 1. The van der Waals surface area contributed by atoms with Gasteiger partial charge in [0.15, 0.2) is 0 Å². The van der Waals surface area contributed by atoms with Crippen molar-refractivity contribution in [3.05, 3.63) is 41.7 Å². The second kappa shape index (κ2) is 5.61. The molecule has 0 amide bonds. The zero-order valence-corrected chi connectivity index (χ0v) is 12.9. The maximum Gasteiger partial charge on any atom is 0.262 e. The Kier molecular flexibility index (Phi) is 4.04. The van der Waals surface area contributed by atoms with Crippen LogP contribution in [0.3, 0.4) is 0 Å². The van der Waals surface area contributed by atoms with Gasteiger partial charge in [-0.05, 0) is 38.1 Å². The van der Waals surface area contributed by atoms with Crippen molar-refractivity contribution in [3.63, 3.8) is 0 Å². The van der Waals surface area contributed by atoms with Gasteiger partial charge < -0.3 is 10.5 Å². The number of ether oxygens (including phenoxy) is 1. The van der Waals surface area contributed by atoms with Crippen LogP contribution in [0.2, 0.25) is 0 Å². The predicted molar refractivity (Wildman–Crippen MR) is 81.9 cm³/mol. The number of sulfonamides is 1. The van der Waals surface area contributed by atoms with E-state index in [-0.39, 0.29) is 4.90 Å². The van der Waals surface area contributed by atoms with Crippen LogP contribution in [0, 0.1) is 13.8 Å². The Labute approximate surface area is 124 Å². The van der Waals surface area contributed by atoms with Crippen LogP contribution in [0.25, 0.3) is 0 Å². The van der Waals surface area contributed by atoms with Gasteiger partial charge in [0.25, 0.3) is 10.0 Å². The maximum atomic E-state index is 12.4. The lowest BCUT2D eigenvalue weighted by molar-refractivity contribution is 0.415. The number of nitrogens with two attached hydrogens (primary N) is 1. The third-order valence-corrected chi connectivity index (χ3v) is 4.35. The van der Waals surface area contributed by atoms with Crippen molar-refractivity contribution in [1.29, 1.82) is 0 Å². The Morgan fingerprint density at radius 3 is 2.52 bits per heavy atom. The van der Waals surface area contributed by atoms with Crippen molar-refractivity contribution in [3.8, 4) is 5.75 Å². The van der Waals surface area contributed by atoms with Crippen molar-refractivity contribution in [2.75, 3.05) is 17.6 Å². The lowest BCUT2D eigenvalue weighted by atomic mass is 10.3. The van der Waals surface area contributed by atoms with Gasteiger partial charge in [-0.2, -0.15) is 0 Å². The fourth-order valence-electron chi connectivity index (χ4n) is 1.86. The van der Waals surface area contributed by atoms with E-state index in [1.165, 1.54) is 25.3 Å². The first-order chi connectivity index (χ1) is 9.83. The van der Waals surface area contributed by atoms with Crippen LogP contribution in [0.15, 0.2) is 35.2 Å². The summed E-state index contributed by atoms with van der Waals surface area (Å²) < 4.78 is 32.3. The Hall–Kier alpha value is -2.28. The van der Waals surface area contributed by atoms with E-state index in [9.17, 15) is 8.42 Å². The topological polar surface area (TPSA) is 94.3 Å². The standard InChI is InChI=1S/C14H17N3O3S/c1-9-4-7-13(10(2)16-9)17-21(18,19)11-5-6-12(15)14(8-11)20-3/h4-8,17H,15H2,1-3H3. The number of nitrogens with one attached hydrogen (secondary N) is 1. The van der Waals surface area contributed by atoms with Crippen LogP contribution in [0.4, 0.5) is 11.4 Å². The third kappa shape index (κ3) is 3.25. The summed E-state index contributed by atoms with van der Waals surface area (Å²) in [5.41, 5.74) is 7.94. The van der Waals surface area contributed by atoms with E-state index in [0.29, 0.717) is 22.8 Å². The number of methoxy groups -OCH3 is 1. The van der Waals surface area contributed by atoms with Crippen LogP contribution < -0.4 is 15.2 Å². The molecule has 2 rings (SSSR count). The molecule has 0 saturated carbocycles. The summed E-state index contributed by atoms with van der Waals surface area (Å²) in [7, 11) is -2.29. The van der Waals surface area contributed by atoms with Gasteiger partial charge in [0.05, 0.1) is 29.1 Å². The van der Waals surface area contributed by atoms with Gasteiger partial charge in [-0.15, -0.1) is 0 Å². The van der Waals surface area contributed by atoms with Gasteiger partial charge in [0.1, 0.15) is 5.75 Å². The molecule has 0 unspecified atom stereocenters. The van der Waals surface area contributed by atoms with E-state index < -0.39 is 10.0 Å². The number of aromatic nitrogens is 1. The van der Waals surface area contributed by atoms with E-state index in [1.807, 2.05) is 6.92 Å². The molecule has 0 spiro atoms. The second-order valence-electron chi connectivity index (χ2n) is 4.59. The smallest absolute Gasteiger partial charge is 0.262 e. The molecule has 0 radical (unpaired) electrons. The molecule has 0 bridgehead atoms. The van der Waals surface area contributed by atoms with Gasteiger partial charge in [0.2, 0.25) is 0 Å². The number of hydrogen-bond donors (Lipinski definition) is 2. The van der Waals surface area contributed by atoms with Crippen LogP contribution in [-0.2, 0) is 10.0 Å². The molecule has 0 aliphatic heterocycles. The molecule has 0 aliphatic rings. The lowest BCUT2D eigenvalue weighted by Gasteiger charge is -2.12. The summed E-state index contributed by atoms with van der Waals surface area (Å²) in [6.45, 7) is 3.59. The van der Waals surface area contributed by atoms with Gasteiger partial charge in [-0.1, -0.05) is 0 Å². The van der Waals surface area contributed by atoms with E-state index in [4.69, 9.17) is 10.5 Å². The zero-order chi connectivity index (χ0) is 15.6. The fraction of sp³-hybridized carbons (Fsp3) is 0.214. The van der Waals surface area contributed by atoms with Gasteiger partial charge in [0, 0.05) is 11.8 Å². The van der Waals surface area contributed by atoms with Gasteiger partial charge in [-0.25, -0.2) is 8.42 Å². The summed E-state index contributed by atoms with van der Waals surface area (Å²) in [4.78, 5) is 4.30. The van der Waals surface area contributed by atoms with Crippen LogP contribution in [0.1, 0.15) is 11.4 Å². The molecular weight excluding hydrogens is 290 g/mol. The van der Waals surface area contributed by atoms with Gasteiger partial charge in [-0.3, -0.25) is 9.71 Å². The highest BCUT2D eigenvalue weighted by atomic mass is 32.2. The first-order valence-electron chi connectivity index (χ1n) is 6.24.